The van der Waals surface area contributed by atoms with Gasteiger partial charge in [-0.05, 0) is 23.4 Å². The van der Waals surface area contributed by atoms with Crippen molar-refractivity contribution >= 4 is 29.1 Å². The van der Waals surface area contributed by atoms with Gasteiger partial charge in [-0.25, -0.2) is 4.79 Å². The molecule has 1 atom stereocenters. The van der Waals surface area contributed by atoms with Gasteiger partial charge in [0.05, 0.1) is 5.39 Å². The third-order valence-electron chi connectivity index (χ3n) is 1.70. The Balaban J connectivity index is 3.15. The highest BCUT2D eigenvalue weighted by Gasteiger charge is 2.07. The highest BCUT2D eigenvalue weighted by atomic mass is 35.7. The van der Waals surface area contributed by atoms with Crippen LogP contribution in [-0.4, -0.2) is 0 Å². The molecule has 0 aliphatic carbocycles. The molecule has 66 valence electrons. The summed E-state index contributed by atoms with van der Waals surface area (Å²) in [6.45, 7) is 0. The number of rotatable bonds is 0. The molecule has 1 heterocycles. The van der Waals surface area contributed by atoms with Crippen LogP contribution >= 0.6 is 18.4 Å². The van der Waals surface area contributed by atoms with Crippen molar-refractivity contribution in [3.63, 3.8) is 0 Å². The molecule has 13 heavy (non-hydrogen) atoms. The van der Waals surface area contributed by atoms with Crippen LogP contribution < -0.4 is 10.8 Å². The van der Waals surface area contributed by atoms with E-state index in [1.807, 2.05) is 0 Å². The molecule has 5 heteroatoms. The van der Waals surface area contributed by atoms with E-state index in [4.69, 9.17) is 11.2 Å². The number of fused-ring (bicyclic) bond motifs is 1. The van der Waals surface area contributed by atoms with Crippen LogP contribution in [0.4, 0.5) is 0 Å². The predicted molar refractivity (Wildman–Crippen MR) is 52.7 cm³/mol. The number of hydrogen-bond acceptors (Lipinski definition) is 3. The van der Waals surface area contributed by atoms with Crippen LogP contribution in [0.3, 0.4) is 0 Å². The Bertz CT molecular complexity index is 569. The van der Waals surface area contributed by atoms with Crippen molar-refractivity contribution in [3.05, 3.63) is 44.6 Å². The van der Waals surface area contributed by atoms with E-state index in [-0.39, 0.29) is 5.16 Å². The van der Waals surface area contributed by atoms with E-state index in [2.05, 4.69) is 4.20 Å². The molecule has 3 nitrogen and oxygen atoms in total. The van der Waals surface area contributed by atoms with Gasteiger partial charge < -0.3 is 4.20 Å². The van der Waals surface area contributed by atoms with E-state index in [1.165, 1.54) is 0 Å². The largest absolute Gasteiger partial charge is 0.395 e. The van der Waals surface area contributed by atoms with Gasteiger partial charge in [0.25, 0.3) is 5.16 Å². The second-order valence-corrected chi connectivity index (χ2v) is 4.47. The van der Waals surface area contributed by atoms with Gasteiger partial charge in [-0.1, -0.05) is 12.1 Å². The van der Waals surface area contributed by atoms with Crippen LogP contribution in [0.15, 0.2) is 38.1 Å². The molecule has 0 aliphatic rings. The van der Waals surface area contributed by atoms with Gasteiger partial charge in [-0.15, -0.1) is 0 Å². The van der Waals surface area contributed by atoms with Crippen molar-refractivity contribution in [1.29, 1.82) is 0 Å². The molecule has 1 aromatic heterocycles. The molecule has 1 unspecified atom stereocenters. The monoisotopic (exact) mass is 214 g/mol. The summed E-state index contributed by atoms with van der Waals surface area (Å²) >= 11 is 5.56. The third-order valence-corrected chi connectivity index (χ3v) is 3.25. The van der Waals surface area contributed by atoms with E-state index in [0.29, 0.717) is 10.8 Å². The summed E-state index contributed by atoms with van der Waals surface area (Å²) in [6.07, 6.45) is 0. The van der Waals surface area contributed by atoms with Crippen LogP contribution in [0.5, 0.6) is 0 Å². The standard InChI is InChI=1S/C8H4ClO3P/c9-13-8(11)6-4-2-1-3-5(6)7(10)12-13/h1-4H. The Morgan fingerprint density at radius 1 is 1.15 bits per heavy atom. The van der Waals surface area contributed by atoms with E-state index < -0.39 is 12.8 Å². The van der Waals surface area contributed by atoms with Gasteiger partial charge in [-0.2, -0.15) is 0 Å². The average molecular weight is 215 g/mol. The van der Waals surface area contributed by atoms with Crippen molar-refractivity contribution in [1.82, 2.24) is 0 Å². The fourth-order valence-electron chi connectivity index (χ4n) is 1.11. The van der Waals surface area contributed by atoms with Crippen molar-refractivity contribution in [2.75, 3.05) is 0 Å². The lowest BCUT2D eigenvalue weighted by Gasteiger charge is -1.93. The zero-order chi connectivity index (χ0) is 9.42. The van der Waals surface area contributed by atoms with Crippen LogP contribution in [0.2, 0.25) is 0 Å². The van der Waals surface area contributed by atoms with E-state index in [0.717, 1.165) is 0 Å². The maximum Gasteiger partial charge on any atom is 0.347 e. The van der Waals surface area contributed by atoms with Crippen LogP contribution in [0.1, 0.15) is 0 Å². The van der Waals surface area contributed by atoms with Crippen LogP contribution in [-0.2, 0) is 0 Å². The molecule has 0 bridgehead atoms. The fraction of sp³-hybridized carbons (Fsp3) is 0. The normalized spacial score (nSPS) is 11.9. The molecule has 2 aromatic rings. The summed E-state index contributed by atoms with van der Waals surface area (Å²) in [6, 6.07) is 6.50. The molecule has 0 spiro atoms. The van der Waals surface area contributed by atoms with Gasteiger partial charge in [0.2, 0.25) is 0 Å². The Morgan fingerprint density at radius 2 is 1.77 bits per heavy atom. The quantitative estimate of drug-likeness (QED) is 0.675. The molecule has 0 saturated carbocycles. The molecule has 1 aromatic carbocycles. The van der Waals surface area contributed by atoms with Crippen molar-refractivity contribution < 1.29 is 4.20 Å². The summed E-state index contributed by atoms with van der Waals surface area (Å²) in [5.41, 5.74) is -0.517. The highest BCUT2D eigenvalue weighted by molar-refractivity contribution is 7.72. The predicted octanol–water partition coefficient (Wildman–Crippen LogP) is 2.14. The summed E-state index contributed by atoms with van der Waals surface area (Å²) in [4.78, 5) is 22.6. The molecular formula is C8H4ClO3P. The van der Waals surface area contributed by atoms with Gasteiger partial charge in [0.1, 0.15) is 0 Å². The first kappa shape index (κ1) is 8.54. The summed E-state index contributed by atoms with van der Waals surface area (Å²) < 4.78 is 4.67. The molecule has 0 amide bonds. The lowest BCUT2D eigenvalue weighted by atomic mass is 10.2. The second kappa shape index (κ2) is 3.02. The van der Waals surface area contributed by atoms with E-state index in [9.17, 15) is 9.59 Å². The third kappa shape index (κ3) is 1.30. The first-order chi connectivity index (χ1) is 6.20. The lowest BCUT2D eigenvalue weighted by molar-refractivity contribution is 0.643. The maximum absolute atomic E-state index is 11.4. The molecule has 2 rings (SSSR count). The SMILES string of the molecule is O=c1op(Cl)c(=O)c2ccccc12. The summed E-state index contributed by atoms with van der Waals surface area (Å²) in [5, 5.41) is 0.360. The molecule has 0 saturated heterocycles. The Morgan fingerprint density at radius 3 is 2.46 bits per heavy atom. The van der Waals surface area contributed by atoms with Gasteiger partial charge >= 0.3 is 5.63 Å². The highest BCUT2D eigenvalue weighted by Crippen LogP contribution is 2.24. The van der Waals surface area contributed by atoms with Gasteiger partial charge in [-0.3, -0.25) is 4.79 Å². The van der Waals surface area contributed by atoms with Crippen LogP contribution in [0.25, 0.3) is 10.8 Å². The minimum absolute atomic E-state index is 0.298. The first-order valence-corrected chi connectivity index (χ1v) is 5.68. The molecule has 0 N–H and O–H groups in total. The van der Waals surface area contributed by atoms with Crippen molar-refractivity contribution in [2.24, 2.45) is 0 Å². The zero-order valence-corrected chi connectivity index (χ0v) is 8.01. The molecular weight excluding hydrogens is 211 g/mol. The van der Waals surface area contributed by atoms with Crippen molar-refractivity contribution in [2.45, 2.75) is 0 Å². The fourth-order valence-corrected chi connectivity index (χ4v) is 2.28. The Kier molecular flexibility index (Phi) is 1.98. The topological polar surface area (TPSA) is 47.3 Å². The van der Waals surface area contributed by atoms with Crippen LogP contribution in [0, 0.1) is 0 Å². The summed E-state index contributed by atoms with van der Waals surface area (Å²) in [5.74, 6) is 0. The maximum atomic E-state index is 11.4. The zero-order valence-electron chi connectivity index (χ0n) is 6.36. The molecule has 0 radical (unpaired) electrons. The summed E-state index contributed by atoms with van der Waals surface area (Å²) in [7, 11) is -1.80. The number of hydrogen-bond donors (Lipinski definition) is 0. The molecule has 0 fully saturated rings. The van der Waals surface area contributed by atoms with E-state index >= 15 is 0 Å². The molecule has 0 aliphatic heterocycles. The van der Waals surface area contributed by atoms with Gasteiger partial charge in [0.15, 0.2) is 7.13 Å². The smallest absolute Gasteiger partial charge is 0.347 e. The Hall–Kier alpha value is -1.05. The second-order valence-electron chi connectivity index (χ2n) is 2.47. The number of halogens is 1. The minimum Gasteiger partial charge on any atom is -0.395 e. The minimum atomic E-state index is -1.80. The average Bonchev–Trinajstić information content (AvgIpc) is 2.15. The van der Waals surface area contributed by atoms with Crippen molar-refractivity contribution in [3.8, 4) is 0 Å². The number of benzene rings is 1. The van der Waals surface area contributed by atoms with E-state index in [1.54, 1.807) is 24.3 Å². The Labute approximate surface area is 78.5 Å². The first-order valence-electron chi connectivity index (χ1n) is 3.51. The lowest BCUT2D eigenvalue weighted by Crippen LogP contribution is -2.05. The van der Waals surface area contributed by atoms with Gasteiger partial charge in [0, 0.05) is 5.39 Å².